The van der Waals surface area contributed by atoms with E-state index in [4.69, 9.17) is 4.74 Å². The Morgan fingerprint density at radius 2 is 1.46 bits per heavy atom. The number of anilines is 1. The first-order valence-corrected chi connectivity index (χ1v) is 16.6. The van der Waals surface area contributed by atoms with Crippen LogP contribution < -0.4 is 10.6 Å². The third kappa shape index (κ3) is 10.7. The number of amides is 3. The second-order valence-corrected chi connectivity index (χ2v) is 13.4. The molecule has 248 valence electrons. The highest BCUT2D eigenvalue weighted by Gasteiger charge is 2.37. The molecule has 7 nitrogen and oxygen atoms in total. The molecular formula is C39H53N3O4. The molecule has 46 heavy (non-hydrogen) atoms. The van der Waals surface area contributed by atoms with E-state index in [0.717, 1.165) is 71.2 Å². The van der Waals surface area contributed by atoms with E-state index in [2.05, 4.69) is 17.6 Å². The molecule has 3 aromatic carbocycles. The minimum absolute atomic E-state index is 0.253. The zero-order valence-electron chi connectivity index (χ0n) is 29.0. The number of benzene rings is 3. The van der Waals surface area contributed by atoms with Gasteiger partial charge in [-0.05, 0) is 82.7 Å². The van der Waals surface area contributed by atoms with Crippen molar-refractivity contribution in [3.8, 4) is 0 Å². The lowest BCUT2D eigenvalue weighted by Crippen LogP contribution is -2.53. The molecule has 2 N–H and O–H groups in total. The van der Waals surface area contributed by atoms with Crippen molar-refractivity contribution in [2.24, 2.45) is 0 Å². The first kappa shape index (κ1) is 36.3. The summed E-state index contributed by atoms with van der Waals surface area (Å²) in [6.07, 6.45) is 4.50. The van der Waals surface area contributed by atoms with E-state index in [9.17, 15) is 14.4 Å². The molecule has 0 aliphatic rings. The van der Waals surface area contributed by atoms with Gasteiger partial charge in [-0.2, -0.15) is 0 Å². The van der Waals surface area contributed by atoms with E-state index in [1.54, 1.807) is 25.7 Å². The van der Waals surface area contributed by atoms with Crippen molar-refractivity contribution in [1.82, 2.24) is 10.2 Å². The topological polar surface area (TPSA) is 87.7 Å². The molecule has 0 aliphatic carbocycles. The molecule has 3 aromatic rings. The maximum atomic E-state index is 14.8. The number of unbranched alkanes of at least 4 members (excludes halogenated alkanes) is 4. The van der Waals surface area contributed by atoms with Crippen LogP contribution in [0.3, 0.4) is 0 Å². The van der Waals surface area contributed by atoms with Crippen LogP contribution in [0.2, 0.25) is 0 Å². The van der Waals surface area contributed by atoms with Crippen molar-refractivity contribution in [2.45, 2.75) is 112 Å². The number of hydrogen-bond acceptors (Lipinski definition) is 4. The molecule has 0 heterocycles. The van der Waals surface area contributed by atoms with Gasteiger partial charge in [-0.3, -0.25) is 9.59 Å². The van der Waals surface area contributed by atoms with Crippen LogP contribution in [0, 0.1) is 27.7 Å². The normalized spacial score (nSPS) is 12.6. The molecule has 0 aromatic heterocycles. The van der Waals surface area contributed by atoms with Gasteiger partial charge in [-0.1, -0.05) is 105 Å². The Hall–Kier alpha value is -4.13. The average Bonchev–Trinajstić information content (AvgIpc) is 2.99. The summed E-state index contributed by atoms with van der Waals surface area (Å²) in [5, 5.41) is 6.05. The summed E-state index contributed by atoms with van der Waals surface area (Å²) >= 11 is 0. The number of carbonyl (C=O) groups excluding carboxylic acids is 3. The van der Waals surface area contributed by atoms with Crippen LogP contribution >= 0.6 is 0 Å². The number of ether oxygens (including phenoxy) is 1. The molecule has 3 rings (SSSR count). The maximum Gasteiger partial charge on any atom is 0.408 e. The molecule has 2 unspecified atom stereocenters. The molecule has 0 spiro atoms. The number of carbonyl (C=O) groups is 3. The second kappa shape index (κ2) is 17.0. The van der Waals surface area contributed by atoms with E-state index in [1.807, 2.05) is 94.4 Å². The lowest BCUT2D eigenvalue weighted by Gasteiger charge is -2.35. The molecule has 0 bridgehead atoms. The highest BCUT2D eigenvalue weighted by molar-refractivity contribution is 6.00. The van der Waals surface area contributed by atoms with E-state index in [-0.39, 0.29) is 18.2 Å². The highest BCUT2D eigenvalue weighted by Crippen LogP contribution is 2.30. The van der Waals surface area contributed by atoms with Crippen molar-refractivity contribution < 1.29 is 19.1 Å². The van der Waals surface area contributed by atoms with E-state index in [0.29, 0.717) is 6.54 Å². The SMILES string of the molecule is CCCCCCCN(C(=O)C(Cc1ccccc1)NC(=O)OC(C)(C)C)C(C(=O)Nc1c(C)cccc1C)c1cc(C)ccc1C. The van der Waals surface area contributed by atoms with Crippen molar-refractivity contribution in [2.75, 3.05) is 11.9 Å². The molecule has 3 amide bonds. The Morgan fingerprint density at radius 3 is 2.09 bits per heavy atom. The van der Waals surface area contributed by atoms with Gasteiger partial charge >= 0.3 is 6.09 Å². The van der Waals surface area contributed by atoms with E-state index < -0.39 is 23.8 Å². The number of alkyl carbamates (subject to hydrolysis) is 1. The standard InChI is InChI=1S/C39H53N3O4/c1-9-10-11-12-16-24-42(37(44)33(26-31-20-14-13-15-21-31)40-38(45)46-39(6,7)8)35(32-25-27(2)22-23-28(32)3)36(43)41-34-29(4)18-17-19-30(34)5/h13-15,17-23,25,33,35H,9-12,16,24,26H2,1-8H3,(H,40,45)(H,41,43). The Kier molecular flexibility index (Phi) is 13.4. The van der Waals surface area contributed by atoms with E-state index >= 15 is 0 Å². The Labute approximate surface area is 276 Å². The summed E-state index contributed by atoms with van der Waals surface area (Å²) in [4.78, 5) is 44.2. The van der Waals surface area contributed by atoms with Crippen LogP contribution in [0.25, 0.3) is 0 Å². The number of nitrogens with zero attached hydrogens (tertiary/aromatic N) is 1. The van der Waals surface area contributed by atoms with Crippen LogP contribution in [0.4, 0.5) is 10.5 Å². The molecule has 0 saturated heterocycles. The van der Waals surface area contributed by atoms with Crippen LogP contribution in [-0.4, -0.2) is 41.0 Å². The van der Waals surface area contributed by atoms with Gasteiger partial charge < -0.3 is 20.3 Å². The average molecular weight is 628 g/mol. The fraction of sp³-hybridized carbons (Fsp3) is 0.462. The van der Waals surface area contributed by atoms with Crippen LogP contribution in [0.1, 0.15) is 99.2 Å². The van der Waals surface area contributed by atoms with Gasteiger partial charge in [0.25, 0.3) is 5.91 Å². The molecule has 7 heteroatoms. The van der Waals surface area contributed by atoms with Crippen molar-refractivity contribution in [1.29, 1.82) is 0 Å². The lowest BCUT2D eigenvalue weighted by molar-refractivity contribution is -0.140. The molecule has 0 radical (unpaired) electrons. The smallest absolute Gasteiger partial charge is 0.408 e. The van der Waals surface area contributed by atoms with Gasteiger partial charge in [-0.25, -0.2) is 4.79 Å². The zero-order valence-corrected chi connectivity index (χ0v) is 29.0. The van der Waals surface area contributed by atoms with Crippen LogP contribution in [-0.2, 0) is 20.7 Å². The van der Waals surface area contributed by atoms with Gasteiger partial charge in [0.1, 0.15) is 17.7 Å². The predicted molar refractivity (Wildman–Crippen MR) is 187 cm³/mol. The summed E-state index contributed by atoms with van der Waals surface area (Å²) in [6, 6.07) is 19.6. The fourth-order valence-electron chi connectivity index (χ4n) is 5.66. The monoisotopic (exact) mass is 627 g/mol. The summed E-state index contributed by atoms with van der Waals surface area (Å²) in [5.74, 6) is -0.614. The Bertz CT molecular complexity index is 1440. The highest BCUT2D eigenvalue weighted by atomic mass is 16.6. The fourth-order valence-corrected chi connectivity index (χ4v) is 5.66. The molecule has 0 aliphatic heterocycles. The molecule has 2 atom stereocenters. The van der Waals surface area contributed by atoms with Gasteiger partial charge in [-0.15, -0.1) is 0 Å². The summed E-state index contributed by atoms with van der Waals surface area (Å²) in [5.41, 5.74) is 5.45. The second-order valence-electron chi connectivity index (χ2n) is 13.4. The first-order valence-electron chi connectivity index (χ1n) is 16.6. The third-order valence-corrected chi connectivity index (χ3v) is 8.08. The Morgan fingerprint density at radius 1 is 0.804 bits per heavy atom. The predicted octanol–water partition coefficient (Wildman–Crippen LogP) is 8.54. The first-order chi connectivity index (χ1) is 21.8. The van der Waals surface area contributed by atoms with Crippen molar-refractivity contribution >= 4 is 23.6 Å². The minimum atomic E-state index is -0.950. The van der Waals surface area contributed by atoms with E-state index in [1.165, 1.54) is 0 Å². The largest absolute Gasteiger partial charge is 0.444 e. The van der Waals surface area contributed by atoms with Crippen molar-refractivity contribution in [3.63, 3.8) is 0 Å². The van der Waals surface area contributed by atoms with Crippen molar-refractivity contribution in [3.05, 3.63) is 100 Å². The minimum Gasteiger partial charge on any atom is -0.444 e. The number of nitrogens with one attached hydrogen (secondary N) is 2. The molecule has 0 saturated carbocycles. The summed E-state index contributed by atoms with van der Waals surface area (Å²) < 4.78 is 5.59. The van der Waals surface area contributed by atoms with Crippen LogP contribution in [0.15, 0.2) is 66.7 Å². The number of aryl methyl sites for hydroxylation is 4. The summed E-state index contributed by atoms with van der Waals surface area (Å²) in [6.45, 7) is 15.8. The number of rotatable bonds is 14. The number of para-hydroxylation sites is 1. The lowest BCUT2D eigenvalue weighted by atomic mass is 9.94. The molecular weight excluding hydrogens is 574 g/mol. The summed E-state index contributed by atoms with van der Waals surface area (Å²) in [7, 11) is 0. The van der Waals surface area contributed by atoms with Gasteiger partial charge in [0, 0.05) is 18.7 Å². The molecule has 0 fully saturated rings. The third-order valence-electron chi connectivity index (χ3n) is 8.08. The zero-order chi connectivity index (χ0) is 33.9. The van der Waals surface area contributed by atoms with Gasteiger partial charge in [0.2, 0.25) is 5.91 Å². The van der Waals surface area contributed by atoms with Gasteiger partial charge in [0.15, 0.2) is 0 Å². The quantitative estimate of drug-likeness (QED) is 0.175. The maximum absolute atomic E-state index is 14.8. The van der Waals surface area contributed by atoms with Gasteiger partial charge in [0.05, 0.1) is 0 Å². The number of hydrogen-bond donors (Lipinski definition) is 2. The Balaban J connectivity index is 2.13. The van der Waals surface area contributed by atoms with Crippen LogP contribution in [0.5, 0.6) is 0 Å².